The standard InChI is InChI=1S/C20H14N.C10H7N2.Ir/c1-20(2)15-9-3-6-12-13-8-5-11-21-19(13)14-7-4-10-16(20)18(14)17(12)15;1-3-7-11-9(5-1)10-6-2-4-8-12-10;/h3-6,8-11H,1-2H3;1-5,7-8H;/q2*-1;. The van der Waals surface area contributed by atoms with Crippen molar-refractivity contribution in [1.82, 2.24) is 15.0 Å². The molecule has 0 aliphatic heterocycles. The van der Waals surface area contributed by atoms with Crippen LogP contribution in [-0.2, 0) is 25.5 Å². The first-order valence-electron chi connectivity index (χ1n) is 11.0. The van der Waals surface area contributed by atoms with Crippen LogP contribution in [0.5, 0.6) is 0 Å². The van der Waals surface area contributed by atoms with Gasteiger partial charge in [0.25, 0.3) is 0 Å². The Hall–Kier alpha value is -3.46. The first-order chi connectivity index (χ1) is 16.2. The minimum atomic E-state index is 0. The molecule has 3 heterocycles. The Balaban J connectivity index is 0.000000159. The third kappa shape index (κ3) is 3.42. The second-order valence-electron chi connectivity index (χ2n) is 8.74. The zero-order valence-corrected chi connectivity index (χ0v) is 21.2. The van der Waals surface area contributed by atoms with E-state index in [1.54, 1.807) is 12.4 Å². The summed E-state index contributed by atoms with van der Waals surface area (Å²) in [4.78, 5) is 12.9. The van der Waals surface area contributed by atoms with Gasteiger partial charge in [-0.25, -0.2) is 0 Å². The average Bonchev–Trinajstić information content (AvgIpc) is 3.13. The minimum Gasteiger partial charge on any atom is -0.318 e. The molecule has 6 aromatic rings. The van der Waals surface area contributed by atoms with Gasteiger partial charge in [0.2, 0.25) is 0 Å². The topological polar surface area (TPSA) is 38.7 Å². The molecule has 0 bridgehead atoms. The molecule has 4 heteroatoms. The van der Waals surface area contributed by atoms with Crippen molar-refractivity contribution in [3.05, 3.63) is 115 Å². The van der Waals surface area contributed by atoms with E-state index in [1.807, 2.05) is 48.7 Å². The Morgan fingerprint density at radius 2 is 1.44 bits per heavy atom. The second-order valence-corrected chi connectivity index (χ2v) is 8.74. The molecule has 0 saturated heterocycles. The van der Waals surface area contributed by atoms with Crippen molar-refractivity contribution < 1.29 is 20.1 Å². The van der Waals surface area contributed by atoms with E-state index in [1.165, 1.54) is 32.7 Å². The number of hydrogen-bond acceptors (Lipinski definition) is 3. The summed E-state index contributed by atoms with van der Waals surface area (Å²) in [5, 5.41) is 6.44. The summed E-state index contributed by atoms with van der Waals surface area (Å²) in [6.45, 7) is 4.63. The van der Waals surface area contributed by atoms with E-state index in [4.69, 9.17) is 0 Å². The third-order valence-electron chi connectivity index (χ3n) is 6.51. The number of rotatable bonds is 1. The fraction of sp³-hybridized carbons (Fsp3) is 0.100. The van der Waals surface area contributed by atoms with Crippen molar-refractivity contribution in [3.8, 4) is 11.4 Å². The predicted octanol–water partition coefficient (Wildman–Crippen LogP) is 6.92. The van der Waals surface area contributed by atoms with Crippen molar-refractivity contribution in [2.45, 2.75) is 19.3 Å². The molecule has 7 rings (SSSR count). The maximum atomic E-state index is 4.64. The van der Waals surface area contributed by atoms with Gasteiger partial charge in [-0.1, -0.05) is 55.6 Å². The zero-order chi connectivity index (χ0) is 22.4. The summed E-state index contributed by atoms with van der Waals surface area (Å²) in [7, 11) is 0. The fourth-order valence-corrected chi connectivity index (χ4v) is 4.97. The van der Waals surface area contributed by atoms with Crippen LogP contribution in [0, 0.1) is 12.1 Å². The van der Waals surface area contributed by atoms with Crippen molar-refractivity contribution in [3.63, 3.8) is 0 Å². The predicted molar refractivity (Wildman–Crippen MR) is 134 cm³/mol. The number of hydrogen-bond donors (Lipinski definition) is 0. The summed E-state index contributed by atoms with van der Waals surface area (Å²) >= 11 is 0. The molecule has 3 aromatic heterocycles. The van der Waals surface area contributed by atoms with Crippen LogP contribution < -0.4 is 0 Å². The molecule has 1 radical (unpaired) electrons. The van der Waals surface area contributed by atoms with Gasteiger partial charge in [-0.15, -0.1) is 35.2 Å². The van der Waals surface area contributed by atoms with Crippen LogP contribution in [0.2, 0.25) is 0 Å². The van der Waals surface area contributed by atoms with Crippen molar-refractivity contribution >= 4 is 32.4 Å². The molecule has 0 amide bonds. The van der Waals surface area contributed by atoms with Gasteiger partial charge in [-0.2, -0.15) is 12.1 Å². The molecule has 0 N–H and O–H groups in total. The van der Waals surface area contributed by atoms with E-state index < -0.39 is 0 Å². The molecule has 0 fully saturated rings. The summed E-state index contributed by atoms with van der Waals surface area (Å²) in [6, 6.07) is 31.0. The minimum absolute atomic E-state index is 0. The average molecular weight is 616 g/mol. The van der Waals surface area contributed by atoms with Crippen LogP contribution in [0.4, 0.5) is 0 Å². The first-order valence-corrected chi connectivity index (χ1v) is 11.0. The number of fused-ring (bicyclic) bond motifs is 3. The quantitative estimate of drug-likeness (QED) is 0.149. The summed E-state index contributed by atoms with van der Waals surface area (Å²) in [5.41, 5.74) is 5.58. The normalized spacial score (nSPS) is 13.0. The maximum absolute atomic E-state index is 4.64. The number of benzene rings is 3. The number of nitrogens with zero attached hydrogens (tertiary/aromatic N) is 3. The first kappa shape index (κ1) is 22.3. The van der Waals surface area contributed by atoms with Gasteiger partial charge in [0.05, 0.1) is 0 Å². The third-order valence-corrected chi connectivity index (χ3v) is 6.51. The van der Waals surface area contributed by atoms with Crippen LogP contribution >= 0.6 is 0 Å². The van der Waals surface area contributed by atoms with Crippen LogP contribution in [0.25, 0.3) is 43.8 Å². The van der Waals surface area contributed by atoms with Gasteiger partial charge in [-0.05, 0) is 62.4 Å². The Bertz CT molecular complexity index is 1510. The largest absolute Gasteiger partial charge is 0.318 e. The molecule has 0 atom stereocenters. The Labute approximate surface area is 212 Å². The van der Waals surface area contributed by atoms with Gasteiger partial charge in [0, 0.05) is 32.5 Å². The molecule has 0 saturated carbocycles. The van der Waals surface area contributed by atoms with Crippen LogP contribution in [0.15, 0.2) is 91.4 Å². The van der Waals surface area contributed by atoms with Crippen molar-refractivity contribution in [2.24, 2.45) is 0 Å². The van der Waals surface area contributed by atoms with Gasteiger partial charge in [0.1, 0.15) is 0 Å². The maximum Gasteiger partial charge on any atom is 0.0161 e. The Morgan fingerprint density at radius 3 is 2.24 bits per heavy atom. The fourth-order valence-electron chi connectivity index (χ4n) is 4.97. The van der Waals surface area contributed by atoms with E-state index in [9.17, 15) is 0 Å². The van der Waals surface area contributed by atoms with Gasteiger partial charge in [0.15, 0.2) is 0 Å². The van der Waals surface area contributed by atoms with Crippen molar-refractivity contribution in [2.75, 3.05) is 0 Å². The molecule has 34 heavy (non-hydrogen) atoms. The molecule has 1 aliphatic rings. The molecule has 3 aromatic carbocycles. The van der Waals surface area contributed by atoms with Crippen LogP contribution in [-0.4, -0.2) is 15.0 Å². The summed E-state index contributed by atoms with van der Waals surface area (Å²) in [6.07, 6.45) is 5.36. The van der Waals surface area contributed by atoms with E-state index in [0.29, 0.717) is 0 Å². The summed E-state index contributed by atoms with van der Waals surface area (Å²) < 4.78 is 0. The van der Waals surface area contributed by atoms with E-state index in [-0.39, 0.29) is 25.5 Å². The number of pyridine rings is 3. The van der Waals surface area contributed by atoms with E-state index in [0.717, 1.165) is 22.3 Å². The molecule has 3 nitrogen and oxygen atoms in total. The Kier molecular flexibility index (Phi) is 5.73. The van der Waals surface area contributed by atoms with E-state index >= 15 is 0 Å². The van der Waals surface area contributed by atoms with Gasteiger partial charge in [-0.3, -0.25) is 4.98 Å². The Morgan fingerprint density at radius 1 is 0.647 bits per heavy atom. The summed E-state index contributed by atoms with van der Waals surface area (Å²) in [5.74, 6) is 0. The molecular weight excluding hydrogens is 595 g/mol. The molecule has 0 spiro atoms. The monoisotopic (exact) mass is 616 g/mol. The van der Waals surface area contributed by atoms with Crippen LogP contribution in [0.3, 0.4) is 0 Å². The SMILES string of the molecule is CC1(C)c2cc[c-]c3c4ncccc4c4cccc1c4c23.[Ir].[c-]1cccnc1-c1ccccn1. The van der Waals surface area contributed by atoms with E-state index in [2.05, 4.69) is 71.3 Å². The molecule has 167 valence electrons. The van der Waals surface area contributed by atoms with Gasteiger partial charge < -0.3 is 9.97 Å². The molecular formula is C30H21IrN3-2. The zero-order valence-electron chi connectivity index (χ0n) is 18.8. The number of aromatic nitrogens is 3. The van der Waals surface area contributed by atoms with Crippen LogP contribution in [0.1, 0.15) is 25.0 Å². The molecule has 1 aliphatic carbocycles. The second kappa shape index (κ2) is 8.72. The smallest absolute Gasteiger partial charge is 0.0161 e. The van der Waals surface area contributed by atoms with Gasteiger partial charge >= 0.3 is 0 Å². The molecule has 0 unspecified atom stereocenters. The van der Waals surface area contributed by atoms with Crippen molar-refractivity contribution in [1.29, 1.82) is 0 Å².